The third kappa shape index (κ3) is 4.82. The second-order valence-corrected chi connectivity index (χ2v) is 5.94. The number of rotatable bonds is 7. The molecule has 1 aromatic heterocycles. The molecule has 6 nitrogen and oxygen atoms in total. The summed E-state index contributed by atoms with van der Waals surface area (Å²) in [7, 11) is 1.62. The van der Waals surface area contributed by atoms with Crippen LogP contribution in [-0.4, -0.2) is 29.5 Å². The van der Waals surface area contributed by atoms with Crippen molar-refractivity contribution in [2.45, 2.75) is 13.3 Å². The van der Waals surface area contributed by atoms with E-state index in [1.54, 1.807) is 13.2 Å². The zero-order valence-electron chi connectivity index (χ0n) is 15.4. The van der Waals surface area contributed by atoms with E-state index in [1.165, 1.54) is 0 Å². The number of hydrogen-bond donors (Lipinski definition) is 2. The number of nitrogens with zero attached hydrogens (tertiary/aromatic N) is 2. The highest BCUT2D eigenvalue weighted by molar-refractivity contribution is 5.93. The van der Waals surface area contributed by atoms with E-state index in [0.717, 1.165) is 23.4 Å². The second kappa shape index (κ2) is 8.80. The van der Waals surface area contributed by atoms with Crippen LogP contribution in [-0.2, 0) is 0 Å². The van der Waals surface area contributed by atoms with Gasteiger partial charge in [0.25, 0.3) is 5.91 Å². The molecule has 1 heterocycles. The Morgan fingerprint density at radius 1 is 1.04 bits per heavy atom. The maximum Gasteiger partial charge on any atom is 0.270 e. The summed E-state index contributed by atoms with van der Waals surface area (Å²) in [6.45, 7) is 2.60. The van der Waals surface area contributed by atoms with E-state index in [2.05, 4.69) is 20.6 Å². The predicted molar refractivity (Wildman–Crippen MR) is 106 cm³/mol. The van der Waals surface area contributed by atoms with E-state index < -0.39 is 0 Å². The molecule has 0 atom stereocenters. The van der Waals surface area contributed by atoms with E-state index in [9.17, 15) is 4.79 Å². The molecule has 3 rings (SSSR count). The Balaban J connectivity index is 1.97. The van der Waals surface area contributed by atoms with E-state index >= 15 is 0 Å². The highest BCUT2D eigenvalue weighted by Gasteiger charge is 2.13. The van der Waals surface area contributed by atoms with Crippen molar-refractivity contribution in [3.05, 3.63) is 66.4 Å². The van der Waals surface area contributed by atoms with Crippen LogP contribution >= 0.6 is 0 Å². The molecule has 0 saturated heterocycles. The van der Waals surface area contributed by atoms with Gasteiger partial charge in [-0.3, -0.25) is 4.79 Å². The van der Waals surface area contributed by atoms with Gasteiger partial charge in [0, 0.05) is 29.9 Å². The highest BCUT2D eigenvalue weighted by atomic mass is 16.5. The topological polar surface area (TPSA) is 76.1 Å². The highest BCUT2D eigenvalue weighted by Crippen LogP contribution is 2.23. The first-order chi connectivity index (χ1) is 13.2. The fraction of sp³-hybridized carbons (Fsp3) is 0.190. The van der Waals surface area contributed by atoms with Crippen molar-refractivity contribution in [2.24, 2.45) is 0 Å². The average Bonchev–Trinajstić information content (AvgIpc) is 2.72. The van der Waals surface area contributed by atoms with Crippen LogP contribution in [0, 0.1) is 0 Å². The lowest BCUT2D eigenvalue weighted by molar-refractivity contribution is 0.0948. The predicted octanol–water partition coefficient (Wildman–Crippen LogP) is 4.04. The zero-order valence-corrected chi connectivity index (χ0v) is 15.4. The summed E-state index contributed by atoms with van der Waals surface area (Å²) in [6.07, 6.45) is 0.858. The minimum atomic E-state index is -0.217. The number of nitrogens with one attached hydrogen (secondary N) is 2. The number of ether oxygens (including phenoxy) is 1. The van der Waals surface area contributed by atoms with Gasteiger partial charge in [-0.05, 0) is 18.6 Å². The number of carbonyl (C=O) groups excluding carboxylic acids is 1. The Morgan fingerprint density at radius 2 is 1.85 bits per heavy atom. The lowest BCUT2D eigenvalue weighted by Gasteiger charge is -2.11. The Hall–Kier alpha value is -3.41. The largest absolute Gasteiger partial charge is 0.497 e. The maximum absolute atomic E-state index is 12.4. The van der Waals surface area contributed by atoms with Gasteiger partial charge in [0.1, 0.15) is 17.3 Å². The van der Waals surface area contributed by atoms with Gasteiger partial charge in [-0.1, -0.05) is 43.3 Å². The zero-order chi connectivity index (χ0) is 19.1. The first kappa shape index (κ1) is 18.4. The number of carbonyl (C=O) groups is 1. The minimum absolute atomic E-state index is 0.217. The van der Waals surface area contributed by atoms with E-state index in [-0.39, 0.29) is 5.91 Å². The normalized spacial score (nSPS) is 10.3. The standard InChI is InChI=1S/C21H22N4O2/c1-3-12-22-21(26)18-14-19(23-16-10-7-11-17(13-16)27-2)25-20(24-18)15-8-5-4-6-9-15/h4-11,13-14H,3,12H2,1-2H3,(H,22,26)(H,23,24,25). The summed E-state index contributed by atoms with van der Waals surface area (Å²) in [5, 5.41) is 6.09. The Bertz CT molecular complexity index is 913. The molecule has 1 amide bonds. The summed E-state index contributed by atoms with van der Waals surface area (Å²) < 4.78 is 5.25. The van der Waals surface area contributed by atoms with Crippen molar-refractivity contribution in [1.29, 1.82) is 0 Å². The molecule has 0 saturated carbocycles. The third-order valence-corrected chi connectivity index (χ3v) is 3.87. The van der Waals surface area contributed by atoms with Gasteiger partial charge in [0.15, 0.2) is 5.82 Å². The van der Waals surface area contributed by atoms with Crippen molar-refractivity contribution in [2.75, 3.05) is 19.0 Å². The molecule has 3 aromatic rings. The summed E-state index contributed by atoms with van der Waals surface area (Å²) in [4.78, 5) is 21.5. The van der Waals surface area contributed by atoms with Crippen molar-refractivity contribution in [1.82, 2.24) is 15.3 Å². The fourth-order valence-electron chi connectivity index (χ4n) is 2.52. The number of aromatic nitrogens is 2. The molecule has 2 aromatic carbocycles. The lowest BCUT2D eigenvalue weighted by Crippen LogP contribution is -2.25. The summed E-state index contributed by atoms with van der Waals surface area (Å²) in [5.74, 6) is 1.55. The summed E-state index contributed by atoms with van der Waals surface area (Å²) in [6, 6.07) is 18.8. The smallest absolute Gasteiger partial charge is 0.270 e. The van der Waals surface area contributed by atoms with Crippen molar-refractivity contribution < 1.29 is 9.53 Å². The molecule has 0 aliphatic carbocycles. The van der Waals surface area contributed by atoms with Gasteiger partial charge < -0.3 is 15.4 Å². The quantitative estimate of drug-likeness (QED) is 0.663. The number of benzene rings is 2. The molecule has 0 bridgehead atoms. The van der Waals surface area contributed by atoms with E-state index in [0.29, 0.717) is 23.9 Å². The van der Waals surface area contributed by atoms with Crippen LogP contribution < -0.4 is 15.4 Å². The molecule has 0 aliphatic heterocycles. The first-order valence-corrected chi connectivity index (χ1v) is 8.83. The van der Waals surface area contributed by atoms with Crippen LogP contribution in [0.25, 0.3) is 11.4 Å². The molecule has 138 valence electrons. The second-order valence-electron chi connectivity index (χ2n) is 5.94. The van der Waals surface area contributed by atoms with Crippen LogP contribution in [0.2, 0.25) is 0 Å². The van der Waals surface area contributed by atoms with Gasteiger partial charge in [0.2, 0.25) is 0 Å². The molecule has 2 N–H and O–H groups in total. The number of methoxy groups -OCH3 is 1. The maximum atomic E-state index is 12.4. The van der Waals surface area contributed by atoms with Crippen molar-refractivity contribution >= 4 is 17.4 Å². The third-order valence-electron chi connectivity index (χ3n) is 3.87. The van der Waals surface area contributed by atoms with Crippen LogP contribution in [0.5, 0.6) is 5.75 Å². The molecule has 0 radical (unpaired) electrons. The molecular formula is C21H22N4O2. The van der Waals surface area contributed by atoms with Gasteiger partial charge in [-0.15, -0.1) is 0 Å². The Labute approximate surface area is 158 Å². The Kier molecular flexibility index (Phi) is 5.99. The van der Waals surface area contributed by atoms with Gasteiger partial charge in [0.05, 0.1) is 7.11 Å². The summed E-state index contributed by atoms with van der Waals surface area (Å²) >= 11 is 0. The molecule has 0 aliphatic rings. The molecule has 0 fully saturated rings. The van der Waals surface area contributed by atoms with Crippen LogP contribution in [0.15, 0.2) is 60.7 Å². The number of anilines is 2. The fourth-order valence-corrected chi connectivity index (χ4v) is 2.52. The van der Waals surface area contributed by atoms with Gasteiger partial charge >= 0.3 is 0 Å². The number of amides is 1. The summed E-state index contributed by atoms with van der Waals surface area (Å²) in [5.41, 5.74) is 1.98. The van der Waals surface area contributed by atoms with Crippen molar-refractivity contribution in [3.63, 3.8) is 0 Å². The molecular weight excluding hydrogens is 340 g/mol. The van der Waals surface area contributed by atoms with E-state index in [4.69, 9.17) is 4.74 Å². The lowest BCUT2D eigenvalue weighted by atomic mass is 10.2. The Morgan fingerprint density at radius 3 is 2.59 bits per heavy atom. The first-order valence-electron chi connectivity index (χ1n) is 8.83. The van der Waals surface area contributed by atoms with Gasteiger partial charge in [-0.25, -0.2) is 9.97 Å². The molecule has 27 heavy (non-hydrogen) atoms. The minimum Gasteiger partial charge on any atom is -0.497 e. The monoisotopic (exact) mass is 362 g/mol. The van der Waals surface area contributed by atoms with Crippen LogP contribution in [0.3, 0.4) is 0 Å². The SMILES string of the molecule is CCCNC(=O)c1cc(Nc2cccc(OC)c2)nc(-c2ccccc2)n1. The van der Waals surface area contributed by atoms with Crippen molar-refractivity contribution in [3.8, 4) is 17.1 Å². The molecule has 0 spiro atoms. The van der Waals surface area contributed by atoms with Gasteiger partial charge in [-0.2, -0.15) is 0 Å². The molecule has 6 heteroatoms. The molecule has 0 unspecified atom stereocenters. The van der Waals surface area contributed by atoms with E-state index in [1.807, 2.05) is 61.5 Å². The van der Waals surface area contributed by atoms with Crippen LogP contribution in [0.4, 0.5) is 11.5 Å². The van der Waals surface area contributed by atoms with Crippen LogP contribution in [0.1, 0.15) is 23.8 Å². The average molecular weight is 362 g/mol. The number of hydrogen-bond acceptors (Lipinski definition) is 5.